The molecule has 0 atom stereocenters. The third kappa shape index (κ3) is 3.50. The van der Waals surface area contributed by atoms with Crippen molar-refractivity contribution in [3.63, 3.8) is 0 Å². The highest BCUT2D eigenvalue weighted by atomic mass is 79.9. The first-order valence-electron chi connectivity index (χ1n) is 4.02. The summed E-state index contributed by atoms with van der Waals surface area (Å²) in [5.41, 5.74) is 8.78. The molecule has 0 aliphatic rings. The zero-order valence-corrected chi connectivity index (χ0v) is 9.18. The molecule has 1 aromatic carbocycles. The summed E-state index contributed by atoms with van der Waals surface area (Å²) in [6.07, 6.45) is 2.78. The molecule has 0 radical (unpaired) electrons. The van der Waals surface area contributed by atoms with Gasteiger partial charge in [0.15, 0.2) is 0 Å². The molecule has 15 heavy (non-hydrogen) atoms. The largest absolute Gasteiger partial charge is 0.472 e. The van der Waals surface area contributed by atoms with Crippen molar-refractivity contribution in [3.8, 4) is 0 Å². The molecular formula is C10H7BrN2O2. The highest BCUT2D eigenvalue weighted by Gasteiger charge is 2.13. The molecule has 0 saturated heterocycles. The van der Waals surface area contributed by atoms with Crippen molar-refractivity contribution in [2.45, 2.75) is 0 Å². The van der Waals surface area contributed by atoms with E-state index in [1.807, 2.05) is 12.1 Å². The first kappa shape index (κ1) is 11.4. The van der Waals surface area contributed by atoms with E-state index in [-0.39, 0.29) is 0 Å². The van der Waals surface area contributed by atoms with Gasteiger partial charge in [-0.05, 0) is 23.8 Å². The van der Waals surface area contributed by atoms with E-state index in [1.165, 1.54) is 6.08 Å². The molecule has 1 N–H and O–H groups in total. The summed E-state index contributed by atoms with van der Waals surface area (Å²) < 4.78 is 0.939. The summed E-state index contributed by atoms with van der Waals surface area (Å²) in [5, 5.41) is 8.55. The van der Waals surface area contributed by atoms with Gasteiger partial charge in [-0.1, -0.05) is 28.1 Å². The van der Waals surface area contributed by atoms with Gasteiger partial charge in [0.25, 0.3) is 0 Å². The van der Waals surface area contributed by atoms with Crippen molar-refractivity contribution in [1.82, 2.24) is 0 Å². The maximum Gasteiger partial charge on any atom is 0.419 e. The first-order chi connectivity index (χ1) is 7.13. The number of benzene rings is 1. The van der Waals surface area contributed by atoms with Gasteiger partial charge in [-0.15, -0.1) is 0 Å². The Kier molecular flexibility index (Phi) is 3.97. The molecule has 0 saturated carbocycles. The predicted octanol–water partition coefficient (Wildman–Crippen LogP) is 2.22. The van der Waals surface area contributed by atoms with Crippen molar-refractivity contribution in [3.05, 3.63) is 45.9 Å². The Balaban J connectivity index is 2.86. The Bertz CT molecular complexity index is 445. The van der Waals surface area contributed by atoms with E-state index < -0.39 is 11.7 Å². The Morgan fingerprint density at radius 1 is 1.40 bits per heavy atom. The molecule has 1 rings (SSSR count). The molecule has 0 spiro atoms. The molecular weight excluding hydrogens is 260 g/mol. The van der Waals surface area contributed by atoms with Crippen LogP contribution >= 0.6 is 15.9 Å². The predicted molar refractivity (Wildman–Crippen MR) is 59.4 cm³/mol. The molecule has 0 aliphatic carbocycles. The van der Waals surface area contributed by atoms with Gasteiger partial charge in [-0.3, -0.25) is 0 Å². The van der Waals surface area contributed by atoms with E-state index in [0.29, 0.717) is 0 Å². The minimum absolute atomic E-state index is 0.405. The summed E-state index contributed by atoms with van der Waals surface area (Å²) in [6, 6.07) is 7.27. The lowest BCUT2D eigenvalue weighted by molar-refractivity contribution is -0.133. The van der Waals surface area contributed by atoms with Crippen molar-refractivity contribution in [2.24, 2.45) is 0 Å². The molecule has 0 unspecified atom stereocenters. The highest BCUT2D eigenvalue weighted by Crippen LogP contribution is 2.11. The average molecular weight is 267 g/mol. The molecule has 0 bridgehead atoms. The van der Waals surface area contributed by atoms with Crippen molar-refractivity contribution in [1.29, 1.82) is 0 Å². The van der Waals surface area contributed by atoms with E-state index >= 15 is 0 Å². The molecule has 5 heteroatoms. The number of carbonyl (C=O) groups is 1. The average Bonchev–Trinajstić information content (AvgIpc) is 2.21. The lowest BCUT2D eigenvalue weighted by Crippen LogP contribution is -2.10. The zero-order valence-electron chi connectivity index (χ0n) is 7.59. The molecule has 76 valence electrons. The van der Waals surface area contributed by atoms with Gasteiger partial charge in [0.05, 0.1) is 0 Å². The fourth-order valence-corrected chi connectivity index (χ4v) is 1.16. The maximum absolute atomic E-state index is 10.5. The molecule has 4 nitrogen and oxygen atoms in total. The van der Waals surface area contributed by atoms with Crippen LogP contribution < -0.4 is 0 Å². The third-order valence-electron chi connectivity index (χ3n) is 1.63. The van der Waals surface area contributed by atoms with Crippen LogP contribution in [0.3, 0.4) is 0 Å². The quantitative estimate of drug-likeness (QED) is 0.518. The van der Waals surface area contributed by atoms with Gasteiger partial charge in [-0.25, -0.2) is 4.79 Å². The molecule has 0 amide bonds. The zero-order chi connectivity index (χ0) is 11.3. The summed E-state index contributed by atoms with van der Waals surface area (Å²) >= 11 is 3.28. The van der Waals surface area contributed by atoms with E-state index in [0.717, 1.165) is 10.0 Å². The number of rotatable bonds is 3. The van der Waals surface area contributed by atoms with Crippen LogP contribution in [0.5, 0.6) is 0 Å². The van der Waals surface area contributed by atoms with E-state index in [9.17, 15) is 4.79 Å². The fraction of sp³-hybridized carbons (Fsp3) is 0. The lowest BCUT2D eigenvalue weighted by atomic mass is 10.2. The summed E-state index contributed by atoms with van der Waals surface area (Å²) in [4.78, 5) is 13.1. The van der Waals surface area contributed by atoms with Crippen LogP contribution in [0.4, 0.5) is 0 Å². The number of hydrogen-bond acceptors (Lipinski definition) is 1. The van der Waals surface area contributed by atoms with Crippen LogP contribution in [-0.4, -0.2) is 21.6 Å². The maximum atomic E-state index is 10.5. The normalized spacial score (nSPS) is 9.93. The summed E-state index contributed by atoms with van der Waals surface area (Å²) in [7, 11) is 0. The highest BCUT2D eigenvalue weighted by molar-refractivity contribution is 9.10. The van der Waals surface area contributed by atoms with Crippen LogP contribution in [0.15, 0.2) is 34.8 Å². The van der Waals surface area contributed by atoms with Crippen LogP contribution in [0, 0.1) is 0 Å². The smallest absolute Gasteiger partial charge is 0.419 e. The van der Waals surface area contributed by atoms with Crippen molar-refractivity contribution in [2.75, 3.05) is 0 Å². The summed E-state index contributed by atoms with van der Waals surface area (Å²) in [6.45, 7) is 0. The van der Waals surface area contributed by atoms with Gasteiger partial charge in [-0.2, -0.15) is 4.79 Å². The number of carboxylic acids is 1. The monoisotopic (exact) mass is 266 g/mol. The van der Waals surface area contributed by atoms with Gasteiger partial charge in [0, 0.05) is 10.5 Å². The standard InChI is InChI=1S/C10H7BrN2O2/c11-8-4-1-7(2-5-8)3-6-9(13-12)10(14)15/h1-6H,(H,14,15). The lowest BCUT2D eigenvalue weighted by Gasteiger charge is -1.91. The van der Waals surface area contributed by atoms with Gasteiger partial charge >= 0.3 is 11.7 Å². The van der Waals surface area contributed by atoms with Crippen LogP contribution in [-0.2, 0) is 4.79 Å². The first-order valence-corrected chi connectivity index (χ1v) is 4.82. The second kappa shape index (κ2) is 5.24. The third-order valence-corrected chi connectivity index (χ3v) is 2.16. The molecule has 0 heterocycles. The number of nitrogens with zero attached hydrogens (tertiary/aromatic N) is 2. The summed E-state index contributed by atoms with van der Waals surface area (Å²) in [5.74, 6) is -1.27. The minimum Gasteiger partial charge on any atom is -0.472 e. The SMILES string of the molecule is [N-]=[N+]=C(C=Cc1ccc(Br)cc1)C(=O)O. The molecule has 1 aromatic rings. The van der Waals surface area contributed by atoms with E-state index in [4.69, 9.17) is 10.6 Å². The molecule has 0 fully saturated rings. The molecule has 0 aliphatic heterocycles. The van der Waals surface area contributed by atoms with Crippen LogP contribution in [0.25, 0.3) is 11.6 Å². The number of hydrogen-bond donors (Lipinski definition) is 1. The Hall–Kier alpha value is -1.71. The number of halogens is 1. The Morgan fingerprint density at radius 2 is 2.00 bits per heavy atom. The topological polar surface area (TPSA) is 73.7 Å². The second-order valence-electron chi connectivity index (χ2n) is 2.68. The van der Waals surface area contributed by atoms with E-state index in [1.54, 1.807) is 18.2 Å². The van der Waals surface area contributed by atoms with Gasteiger partial charge in [0.1, 0.15) is 0 Å². The van der Waals surface area contributed by atoms with Gasteiger partial charge in [0.2, 0.25) is 0 Å². The van der Waals surface area contributed by atoms with E-state index in [2.05, 4.69) is 20.7 Å². The second-order valence-corrected chi connectivity index (χ2v) is 3.59. The minimum atomic E-state index is -1.27. The Labute approximate surface area is 94.6 Å². The number of carboxylic acid groups (broad SMARTS) is 1. The van der Waals surface area contributed by atoms with Crippen LogP contribution in [0.1, 0.15) is 5.56 Å². The molecule has 0 aromatic heterocycles. The fourth-order valence-electron chi connectivity index (χ4n) is 0.896. The van der Waals surface area contributed by atoms with Crippen molar-refractivity contribution < 1.29 is 14.7 Å². The Morgan fingerprint density at radius 3 is 2.47 bits per heavy atom. The van der Waals surface area contributed by atoms with Gasteiger partial charge < -0.3 is 10.6 Å². The van der Waals surface area contributed by atoms with Crippen molar-refractivity contribution >= 4 is 33.7 Å². The number of aliphatic carboxylic acids is 1. The van der Waals surface area contributed by atoms with Crippen LogP contribution in [0.2, 0.25) is 0 Å².